The molecule has 0 aliphatic heterocycles. The molecule has 0 spiro atoms. The highest BCUT2D eigenvalue weighted by atomic mass is 32.2. The molecule has 2 aromatic carbocycles. The molecular weight excluding hydrogens is 360 g/mol. The second kappa shape index (κ2) is 8.18. The molecule has 1 aromatic heterocycles. The van der Waals surface area contributed by atoms with Crippen LogP contribution < -0.4 is 5.32 Å². The van der Waals surface area contributed by atoms with Crippen molar-refractivity contribution in [3.05, 3.63) is 65.5 Å². The first-order valence-electron chi connectivity index (χ1n) is 8.47. The fourth-order valence-corrected chi connectivity index (χ4v) is 3.46. The maximum absolute atomic E-state index is 12.3. The number of carbonyl (C=O) groups is 2. The van der Waals surface area contributed by atoms with Crippen LogP contribution in [0.2, 0.25) is 0 Å². The van der Waals surface area contributed by atoms with Gasteiger partial charge in [0.2, 0.25) is 5.91 Å². The van der Waals surface area contributed by atoms with E-state index in [1.165, 1.54) is 18.7 Å². The number of thioether (sulfide) groups is 1. The Morgan fingerprint density at radius 3 is 2.59 bits per heavy atom. The zero-order valence-electron chi connectivity index (χ0n) is 15.4. The molecular formula is C20H20N4O2S. The van der Waals surface area contributed by atoms with E-state index in [1.54, 1.807) is 24.3 Å². The number of aryl methyl sites for hydroxylation is 2. The van der Waals surface area contributed by atoms with Crippen molar-refractivity contribution in [2.45, 2.75) is 25.9 Å². The third kappa shape index (κ3) is 4.43. The number of amides is 1. The molecule has 1 amide bonds. The number of hydrogen-bond donors (Lipinski definition) is 1. The van der Waals surface area contributed by atoms with Crippen LogP contribution >= 0.6 is 11.8 Å². The minimum Gasteiger partial charge on any atom is -0.325 e. The van der Waals surface area contributed by atoms with Gasteiger partial charge in [0.15, 0.2) is 10.9 Å². The molecule has 1 heterocycles. The maximum Gasteiger partial charge on any atom is 0.234 e. The van der Waals surface area contributed by atoms with Crippen LogP contribution in [0.4, 0.5) is 5.69 Å². The van der Waals surface area contributed by atoms with E-state index in [0.717, 1.165) is 17.1 Å². The molecule has 6 nitrogen and oxygen atoms in total. The van der Waals surface area contributed by atoms with E-state index in [4.69, 9.17) is 0 Å². The fraction of sp³-hybridized carbons (Fsp3) is 0.200. The van der Waals surface area contributed by atoms with Crippen molar-refractivity contribution < 1.29 is 9.59 Å². The quantitative estimate of drug-likeness (QED) is 0.520. The summed E-state index contributed by atoms with van der Waals surface area (Å²) in [5.41, 5.74) is 3.27. The Kier molecular flexibility index (Phi) is 5.71. The summed E-state index contributed by atoms with van der Waals surface area (Å²) in [7, 11) is 0. The Morgan fingerprint density at radius 1 is 1.07 bits per heavy atom. The van der Waals surface area contributed by atoms with Crippen molar-refractivity contribution in [1.29, 1.82) is 0 Å². The number of aromatic nitrogens is 3. The van der Waals surface area contributed by atoms with Crippen molar-refractivity contribution in [3.63, 3.8) is 0 Å². The summed E-state index contributed by atoms with van der Waals surface area (Å²) in [6, 6.07) is 14.9. The van der Waals surface area contributed by atoms with E-state index in [1.807, 2.05) is 42.7 Å². The molecule has 138 valence electrons. The Balaban J connectivity index is 1.71. The number of carbonyl (C=O) groups excluding carboxylic acids is 2. The molecule has 0 saturated heterocycles. The van der Waals surface area contributed by atoms with Gasteiger partial charge in [0.05, 0.1) is 11.4 Å². The predicted octanol–water partition coefficient (Wildman–Crippen LogP) is 3.82. The summed E-state index contributed by atoms with van der Waals surface area (Å²) in [6.45, 7) is 5.41. The molecule has 0 radical (unpaired) electrons. The normalized spacial score (nSPS) is 10.6. The number of anilines is 1. The van der Waals surface area contributed by atoms with Gasteiger partial charge in [-0.25, -0.2) is 0 Å². The summed E-state index contributed by atoms with van der Waals surface area (Å²) >= 11 is 1.32. The first kappa shape index (κ1) is 18.8. The molecule has 0 fully saturated rings. The van der Waals surface area contributed by atoms with Crippen LogP contribution in [0.5, 0.6) is 0 Å². The lowest BCUT2D eigenvalue weighted by atomic mass is 10.1. The van der Waals surface area contributed by atoms with E-state index < -0.39 is 0 Å². The summed E-state index contributed by atoms with van der Waals surface area (Å²) in [4.78, 5) is 23.8. The van der Waals surface area contributed by atoms with E-state index in [2.05, 4.69) is 15.5 Å². The van der Waals surface area contributed by atoms with Crippen molar-refractivity contribution in [2.75, 3.05) is 11.1 Å². The van der Waals surface area contributed by atoms with Crippen LogP contribution in [-0.2, 0) is 4.79 Å². The largest absolute Gasteiger partial charge is 0.325 e. The zero-order valence-corrected chi connectivity index (χ0v) is 16.2. The Bertz CT molecular complexity index is 997. The van der Waals surface area contributed by atoms with E-state index in [9.17, 15) is 9.59 Å². The van der Waals surface area contributed by atoms with Gasteiger partial charge in [-0.05, 0) is 44.5 Å². The average Bonchev–Trinajstić information content (AvgIpc) is 3.01. The van der Waals surface area contributed by atoms with Crippen molar-refractivity contribution >= 4 is 29.1 Å². The zero-order chi connectivity index (χ0) is 19.4. The first-order valence-corrected chi connectivity index (χ1v) is 9.46. The van der Waals surface area contributed by atoms with Gasteiger partial charge in [0.25, 0.3) is 0 Å². The maximum atomic E-state index is 12.3. The SMILES string of the molecule is CC(=O)c1cccc(NC(=O)CSc2nnc(C)n2-c2ccccc2C)c1. The fourth-order valence-electron chi connectivity index (χ4n) is 2.67. The minimum absolute atomic E-state index is 0.0396. The topological polar surface area (TPSA) is 76.9 Å². The van der Waals surface area contributed by atoms with Crippen molar-refractivity contribution in [2.24, 2.45) is 0 Å². The van der Waals surface area contributed by atoms with Crippen LogP contribution in [0.15, 0.2) is 53.7 Å². The van der Waals surface area contributed by atoms with Crippen LogP contribution in [0.1, 0.15) is 28.7 Å². The molecule has 0 atom stereocenters. The Morgan fingerprint density at radius 2 is 1.85 bits per heavy atom. The number of ketones is 1. The van der Waals surface area contributed by atoms with Gasteiger partial charge in [-0.1, -0.05) is 42.1 Å². The number of rotatable bonds is 6. The van der Waals surface area contributed by atoms with E-state index in [-0.39, 0.29) is 17.4 Å². The molecule has 0 saturated carbocycles. The Hall–Kier alpha value is -2.93. The number of Topliss-reactive ketones (excluding diaryl/α,β-unsaturated/α-hetero) is 1. The van der Waals surface area contributed by atoms with Crippen LogP contribution in [0.3, 0.4) is 0 Å². The van der Waals surface area contributed by atoms with Crippen LogP contribution in [0, 0.1) is 13.8 Å². The van der Waals surface area contributed by atoms with Crippen LogP contribution in [-0.4, -0.2) is 32.2 Å². The smallest absolute Gasteiger partial charge is 0.234 e. The molecule has 1 N–H and O–H groups in total. The molecule has 0 bridgehead atoms. The minimum atomic E-state index is -0.169. The van der Waals surface area contributed by atoms with Crippen LogP contribution in [0.25, 0.3) is 5.69 Å². The lowest BCUT2D eigenvalue weighted by Crippen LogP contribution is -2.15. The molecule has 0 unspecified atom stereocenters. The van der Waals surface area contributed by atoms with E-state index >= 15 is 0 Å². The molecule has 7 heteroatoms. The highest BCUT2D eigenvalue weighted by Gasteiger charge is 2.15. The summed E-state index contributed by atoms with van der Waals surface area (Å²) in [5.74, 6) is 0.746. The molecule has 27 heavy (non-hydrogen) atoms. The van der Waals surface area contributed by atoms with Gasteiger partial charge in [-0.15, -0.1) is 10.2 Å². The first-order chi connectivity index (χ1) is 13.0. The summed E-state index contributed by atoms with van der Waals surface area (Å²) in [6.07, 6.45) is 0. The summed E-state index contributed by atoms with van der Waals surface area (Å²) in [5, 5.41) is 11.8. The molecule has 0 aliphatic rings. The monoisotopic (exact) mass is 380 g/mol. The number of para-hydroxylation sites is 1. The summed E-state index contributed by atoms with van der Waals surface area (Å²) < 4.78 is 1.95. The third-order valence-electron chi connectivity index (χ3n) is 4.04. The second-order valence-electron chi connectivity index (χ2n) is 6.13. The molecule has 0 aliphatic carbocycles. The van der Waals surface area contributed by atoms with Crippen molar-refractivity contribution in [1.82, 2.24) is 14.8 Å². The van der Waals surface area contributed by atoms with Gasteiger partial charge >= 0.3 is 0 Å². The van der Waals surface area contributed by atoms with Gasteiger partial charge in [0.1, 0.15) is 5.82 Å². The lowest BCUT2D eigenvalue weighted by Gasteiger charge is -2.11. The van der Waals surface area contributed by atoms with Crippen molar-refractivity contribution in [3.8, 4) is 5.69 Å². The number of hydrogen-bond acceptors (Lipinski definition) is 5. The van der Waals surface area contributed by atoms with Gasteiger partial charge in [-0.3, -0.25) is 14.2 Å². The third-order valence-corrected chi connectivity index (χ3v) is 4.97. The number of nitrogens with zero attached hydrogens (tertiary/aromatic N) is 3. The highest BCUT2D eigenvalue weighted by molar-refractivity contribution is 7.99. The van der Waals surface area contributed by atoms with Gasteiger partial charge < -0.3 is 5.32 Å². The Labute approximate surface area is 162 Å². The predicted molar refractivity (Wildman–Crippen MR) is 107 cm³/mol. The van der Waals surface area contributed by atoms with Gasteiger partial charge in [0, 0.05) is 11.3 Å². The highest BCUT2D eigenvalue weighted by Crippen LogP contribution is 2.24. The second-order valence-corrected chi connectivity index (χ2v) is 7.07. The lowest BCUT2D eigenvalue weighted by molar-refractivity contribution is -0.113. The molecule has 3 rings (SSSR count). The van der Waals surface area contributed by atoms with E-state index in [0.29, 0.717) is 16.4 Å². The standard InChI is InChI=1S/C20H20N4O2S/c1-13-7-4-5-10-18(13)24-15(3)22-23-20(24)27-12-19(26)21-17-9-6-8-16(11-17)14(2)25/h4-11H,12H2,1-3H3,(H,21,26). The van der Waals surface area contributed by atoms with Gasteiger partial charge in [-0.2, -0.15) is 0 Å². The average molecular weight is 380 g/mol. The number of nitrogens with one attached hydrogen (secondary N) is 1. The number of benzene rings is 2. The molecule has 3 aromatic rings.